The Hall–Kier alpha value is -0.870. The molecule has 0 saturated carbocycles. The maximum absolute atomic E-state index is 10.7. The van der Waals surface area contributed by atoms with E-state index in [0.717, 1.165) is 20.8 Å². The molecule has 1 N–H and O–H groups in total. The molecule has 1 heterocycles. The van der Waals surface area contributed by atoms with E-state index in [1.165, 1.54) is 11.3 Å². The number of thiophene rings is 1. The molecule has 0 atom stereocenters. The van der Waals surface area contributed by atoms with Crippen LogP contribution in [-0.2, 0) is 0 Å². The number of carbonyl (C=O) groups is 1. The molecule has 0 aliphatic heterocycles. The fourth-order valence-electron chi connectivity index (χ4n) is 1.20. The van der Waals surface area contributed by atoms with Crippen LogP contribution in [0.4, 0.5) is 0 Å². The first-order valence-corrected chi connectivity index (χ1v) is 5.19. The van der Waals surface area contributed by atoms with E-state index in [4.69, 9.17) is 0 Å². The summed E-state index contributed by atoms with van der Waals surface area (Å²) in [5, 5.41) is 10.4. The molecule has 0 aliphatic carbocycles. The van der Waals surface area contributed by atoms with Gasteiger partial charge in [-0.05, 0) is 17.5 Å². The average Bonchev–Trinajstić information content (AvgIpc) is 2.45. The minimum atomic E-state index is 0.233. The predicted octanol–water partition coefficient (Wildman–Crippen LogP) is 3.18. The van der Waals surface area contributed by atoms with E-state index in [2.05, 4.69) is 15.9 Å². The Kier molecular flexibility index (Phi) is 2.09. The van der Waals surface area contributed by atoms with Crippen molar-refractivity contribution in [3.05, 3.63) is 28.2 Å². The molecule has 4 heteroatoms. The summed E-state index contributed by atoms with van der Waals surface area (Å²) >= 11 is 4.49. The lowest BCUT2D eigenvalue weighted by atomic mass is 10.2. The van der Waals surface area contributed by atoms with Gasteiger partial charge in [0, 0.05) is 14.7 Å². The number of benzene rings is 1. The molecule has 0 radical (unpaired) electrons. The van der Waals surface area contributed by atoms with Crippen LogP contribution in [0.1, 0.15) is 10.4 Å². The number of hydrogen-bond donors (Lipinski definition) is 1. The Morgan fingerprint density at radius 1 is 1.46 bits per heavy atom. The summed E-state index contributed by atoms with van der Waals surface area (Å²) in [4.78, 5) is 10.7. The van der Waals surface area contributed by atoms with Gasteiger partial charge >= 0.3 is 0 Å². The lowest BCUT2D eigenvalue weighted by molar-refractivity contribution is 0.112. The van der Waals surface area contributed by atoms with Crippen molar-refractivity contribution >= 4 is 43.6 Å². The first-order valence-electron chi connectivity index (χ1n) is 3.58. The van der Waals surface area contributed by atoms with Crippen LogP contribution in [0.5, 0.6) is 5.06 Å². The first-order chi connectivity index (χ1) is 6.22. The topological polar surface area (TPSA) is 37.3 Å². The summed E-state index contributed by atoms with van der Waals surface area (Å²) in [6.45, 7) is 0. The van der Waals surface area contributed by atoms with Crippen LogP contribution in [0.25, 0.3) is 10.1 Å². The summed E-state index contributed by atoms with van der Waals surface area (Å²) < 4.78 is 1.58. The molecule has 0 aliphatic rings. The number of aldehydes is 1. The van der Waals surface area contributed by atoms with Crippen LogP contribution in [-0.4, -0.2) is 11.4 Å². The van der Waals surface area contributed by atoms with E-state index >= 15 is 0 Å². The molecule has 0 unspecified atom stereocenters. The third-order valence-electron chi connectivity index (χ3n) is 1.78. The van der Waals surface area contributed by atoms with Gasteiger partial charge in [-0.25, -0.2) is 0 Å². The van der Waals surface area contributed by atoms with E-state index in [9.17, 15) is 9.90 Å². The summed E-state index contributed by atoms with van der Waals surface area (Å²) in [5.74, 6) is 0. The molecule has 1 aromatic heterocycles. The van der Waals surface area contributed by atoms with Gasteiger partial charge in [0.25, 0.3) is 0 Å². The van der Waals surface area contributed by atoms with Gasteiger partial charge in [0.2, 0.25) is 0 Å². The lowest BCUT2D eigenvalue weighted by Crippen LogP contribution is -1.80. The van der Waals surface area contributed by atoms with E-state index < -0.39 is 0 Å². The van der Waals surface area contributed by atoms with Crippen molar-refractivity contribution in [2.75, 3.05) is 0 Å². The fraction of sp³-hybridized carbons (Fsp3) is 0. The molecule has 1 aromatic carbocycles. The molecule has 0 amide bonds. The maximum Gasteiger partial charge on any atom is 0.172 e. The highest BCUT2D eigenvalue weighted by Crippen LogP contribution is 2.35. The standard InChI is InChI=1S/C9H5BrO2S/c10-7-2-1-5-3-8(12)13-9(5)6(7)4-11/h1-4,12H. The van der Waals surface area contributed by atoms with E-state index in [1.807, 2.05) is 6.07 Å². The lowest BCUT2D eigenvalue weighted by Gasteiger charge is -1.96. The molecule has 0 spiro atoms. The zero-order chi connectivity index (χ0) is 9.42. The highest BCUT2D eigenvalue weighted by Gasteiger charge is 2.08. The summed E-state index contributed by atoms with van der Waals surface area (Å²) in [5.41, 5.74) is 0.600. The van der Waals surface area contributed by atoms with Crippen molar-refractivity contribution in [2.24, 2.45) is 0 Å². The predicted molar refractivity (Wildman–Crippen MR) is 56.6 cm³/mol. The molecule has 13 heavy (non-hydrogen) atoms. The summed E-state index contributed by atoms with van der Waals surface area (Å²) in [7, 11) is 0. The van der Waals surface area contributed by atoms with Gasteiger partial charge < -0.3 is 5.11 Å². The minimum Gasteiger partial charge on any atom is -0.499 e. The van der Waals surface area contributed by atoms with Gasteiger partial charge in [0.1, 0.15) is 0 Å². The number of hydrogen-bond acceptors (Lipinski definition) is 3. The van der Waals surface area contributed by atoms with Gasteiger partial charge in [0.05, 0.1) is 0 Å². The Balaban J connectivity index is 2.90. The third-order valence-corrected chi connectivity index (χ3v) is 3.46. The molecule has 0 saturated heterocycles. The van der Waals surface area contributed by atoms with Crippen molar-refractivity contribution in [3.8, 4) is 5.06 Å². The highest BCUT2D eigenvalue weighted by atomic mass is 79.9. The minimum absolute atomic E-state index is 0.233. The van der Waals surface area contributed by atoms with Crippen LogP contribution in [0.3, 0.4) is 0 Å². The normalized spacial score (nSPS) is 10.5. The molecular formula is C9H5BrO2S. The Morgan fingerprint density at radius 2 is 2.23 bits per heavy atom. The fourth-order valence-corrected chi connectivity index (χ4v) is 2.66. The van der Waals surface area contributed by atoms with Crippen molar-refractivity contribution in [2.45, 2.75) is 0 Å². The van der Waals surface area contributed by atoms with Crippen LogP contribution in [0.2, 0.25) is 0 Å². The van der Waals surface area contributed by atoms with Crippen molar-refractivity contribution in [3.63, 3.8) is 0 Å². The largest absolute Gasteiger partial charge is 0.499 e. The van der Waals surface area contributed by atoms with Crippen LogP contribution in [0.15, 0.2) is 22.7 Å². The quantitative estimate of drug-likeness (QED) is 0.796. The number of carbonyl (C=O) groups excluding carboxylic acids is 1. The number of fused-ring (bicyclic) bond motifs is 1. The molecule has 2 rings (SSSR count). The van der Waals surface area contributed by atoms with Crippen molar-refractivity contribution in [1.82, 2.24) is 0 Å². The van der Waals surface area contributed by atoms with Gasteiger partial charge in [-0.2, -0.15) is 0 Å². The van der Waals surface area contributed by atoms with Crippen LogP contribution in [0, 0.1) is 0 Å². The van der Waals surface area contributed by atoms with Gasteiger partial charge in [-0.3, -0.25) is 4.79 Å². The van der Waals surface area contributed by atoms with Gasteiger partial charge in [-0.1, -0.05) is 33.3 Å². The molecule has 2 aromatic rings. The van der Waals surface area contributed by atoms with Gasteiger partial charge in [0.15, 0.2) is 11.3 Å². The summed E-state index contributed by atoms with van der Waals surface area (Å²) in [6, 6.07) is 5.32. The highest BCUT2D eigenvalue weighted by molar-refractivity contribution is 9.10. The molecule has 66 valence electrons. The zero-order valence-electron chi connectivity index (χ0n) is 6.45. The number of rotatable bonds is 1. The van der Waals surface area contributed by atoms with E-state index in [0.29, 0.717) is 5.56 Å². The SMILES string of the molecule is O=Cc1c(Br)ccc2cc(O)sc12. The molecule has 0 bridgehead atoms. The second kappa shape index (κ2) is 3.12. The Morgan fingerprint density at radius 3 is 2.92 bits per heavy atom. The first kappa shape index (κ1) is 8.72. The van der Waals surface area contributed by atoms with Crippen LogP contribution >= 0.6 is 27.3 Å². The molecule has 0 fully saturated rings. The Labute approximate surface area is 86.9 Å². The monoisotopic (exact) mass is 256 g/mol. The smallest absolute Gasteiger partial charge is 0.172 e. The Bertz CT molecular complexity index is 476. The van der Waals surface area contributed by atoms with Gasteiger partial charge in [-0.15, -0.1) is 0 Å². The number of halogens is 1. The average molecular weight is 257 g/mol. The van der Waals surface area contributed by atoms with E-state index in [-0.39, 0.29) is 5.06 Å². The third kappa shape index (κ3) is 1.36. The maximum atomic E-state index is 10.7. The van der Waals surface area contributed by atoms with Crippen molar-refractivity contribution < 1.29 is 9.90 Å². The second-order valence-electron chi connectivity index (χ2n) is 2.58. The van der Waals surface area contributed by atoms with Crippen molar-refractivity contribution in [1.29, 1.82) is 0 Å². The molecule has 2 nitrogen and oxygen atoms in total. The van der Waals surface area contributed by atoms with E-state index in [1.54, 1.807) is 12.1 Å². The molecular weight excluding hydrogens is 252 g/mol. The zero-order valence-corrected chi connectivity index (χ0v) is 8.85. The van der Waals surface area contributed by atoms with Crippen LogP contribution < -0.4 is 0 Å². The second-order valence-corrected chi connectivity index (χ2v) is 4.47. The summed E-state index contributed by atoms with van der Waals surface area (Å²) in [6.07, 6.45) is 0.794. The number of aromatic hydroxyl groups is 1.